The first-order valence-electron chi connectivity index (χ1n) is 6.39. The molecule has 0 saturated carbocycles. The van der Waals surface area contributed by atoms with Gasteiger partial charge in [0.15, 0.2) is 11.5 Å². The van der Waals surface area contributed by atoms with Crippen molar-refractivity contribution in [2.45, 2.75) is 6.61 Å². The van der Waals surface area contributed by atoms with Crippen LogP contribution >= 0.6 is 23.2 Å². The molecule has 0 atom stereocenters. The SMILES string of the molecule is Nc1cc2c(cc1COc1cc(Cl)ccc1Cl)OCCO2. The van der Waals surface area contributed by atoms with E-state index in [0.717, 1.165) is 5.56 Å². The molecule has 0 fully saturated rings. The zero-order chi connectivity index (χ0) is 14.8. The number of benzene rings is 2. The molecule has 110 valence electrons. The molecule has 0 bridgehead atoms. The van der Waals surface area contributed by atoms with Crippen LogP contribution in [-0.4, -0.2) is 13.2 Å². The summed E-state index contributed by atoms with van der Waals surface area (Å²) in [6, 6.07) is 8.62. The maximum atomic E-state index is 6.06. The number of nitrogen functional groups attached to an aromatic ring is 1. The average Bonchev–Trinajstić information content (AvgIpc) is 2.48. The normalized spacial score (nSPS) is 13.0. The fraction of sp³-hybridized carbons (Fsp3) is 0.200. The molecule has 0 radical (unpaired) electrons. The largest absolute Gasteiger partial charge is 0.487 e. The molecule has 2 aromatic carbocycles. The van der Waals surface area contributed by atoms with Crippen LogP contribution in [0.4, 0.5) is 5.69 Å². The van der Waals surface area contributed by atoms with Gasteiger partial charge in [0.1, 0.15) is 25.6 Å². The van der Waals surface area contributed by atoms with Crippen molar-refractivity contribution in [2.24, 2.45) is 0 Å². The van der Waals surface area contributed by atoms with E-state index in [1.165, 1.54) is 0 Å². The highest BCUT2D eigenvalue weighted by molar-refractivity contribution is 6.34. The maximum Gasteiger partial charge on any atom is 0.163 e. The zero-order valence-electron chi connectivity index (χ0n) is 11.1. The minimum Gasteiger partial charge on any atom is -0.487 e. The van der Waals surface area contributed by atoms with Gasteiger partial charge in [-0.3, -0.25) is 0 Å². The lowest BCUT2D eigenvalue weighted by Gasteiger charge is -2.20. The molecule has 6 heteroatoms. The second kappa shape index (κ2) is 5.92. The van der Waals surface area contributed by atoms with E-state index in [4.69, 9.17) is 43.1 Å². The Morgan fingerprint density at radius 2 is 1.76 bits per heavy atom. The van der Waals surface area contributed by atoms with Crippen molar-refractivity contribution in [1.29, 1.82) is 0 Å². The van der Waals surface area contributed by atoms with Crippen LogP contribution in [0.25, 0.3) is 0 Å². The number of hydrogen-bond donors (Lipinski definition) is 1. The Bertz CT molecular complexity index is 676. The van der Waals surface area contributed by atoms with Gasteiger partial charge in [0, 0.05) is 28.4 Å². The van der Waals surface area contributed by atoms with Gasteiger partial charge in [-0.15, -0.1) is 0 Å². The van der Waals surface area contributed by atoms with Gasteiger partial charge in [-0.05, 0) is 18.2 Å². The van der Waals surface area contributed by atoms with Crippen molar-refractivity contribution >= 4 is 28.9 Å². The molecule has 1 heterocycles. The summed E-state index contributed by atoms with van der Waals surface area (Å²) in [5.74, 6) is 1.84. The monoisotopic (exact) mass is 325 g/mol. The molecule has 0 unspecified atom stereocenters. The van der Waals surface area contributed by atoms with Crippen LogP contribution in [0, 0.1) is 0 Å². The molecule has 3 rings (SSSR count). The van der Waals surface area contributed by atoms with E-state index < -0.39 is 0 Å². The van der Waals surface area contributed by atoms with Gasteiger partial charge < -0.3 is 19.9 Å². The Balaban J connectivity index is 1.80. The molecule has 0 spiro atoms. The first-order valence-corrected chi connectivity index (χ1v) is 7.15. The third kappa shape index (κ3) is 3.12. The first kappa shape index (κ1) is 14.2. The van der Waals surface area contributed by atoms with Crippen molar-refractivity contribution in [3.05, 3.63) is 45.9 Å². The van der Waals surface area contributed by atoms with E-state index in [9.17, 15) is 0 Å². The predicted octanol–water partition coefficient (Wildman–Crippen LogP) is 3.93. The minimum absolute atomic E-state index is 0.266. The van der Waals surface area contributed by atoms with Crippen molar-refractivity contribution < 1.29 is 14.2 Å². The van der Waals surface area contributed by atoms with Crippen LogP contribution in [-0.2, 0) is 6.61 Å². The van der Waals surface area contributed by atoms with Crippen LogP contribution in [0.1, 0.15) is 5.56 Å². The quantitative estimate of drug-likeness (QED) is 0.869. The van der Waals surface area contributed by atoms with E-state index >= 15 is 0 Å². The number of nitrogens with two attached hydrogens (primary N) is 1. The van der Waals surface area contributed by atoms with Gasteiger partial charge in [0.2, 0.25) is 0 Å². The topological polar surface area (TPSA) is 53.7 Å². The summed E-state index contributed by atoms with van der Waals surface area (Å²) in [4.78, 5) is 0. The number of ether oxygens (including phenoxy) is 3. The fourth-order valence-corrected chi connectivity index (χ4v) is 2.35. The van der Waals surface area contributed by atoms with Crippen molar-refractivity contribution in [1.82, 2.24) is 0 Å². The summed E-state index contributed by atoms with van der Waals surface area (Å²) in [7, 11) is 0. The molecule has 0 saturated heterocycles. The van der Waals surface area contributed by atoms with Crippen molar-refractivity contribution in [3.63, 3.8) is 0 Å². The van der Waals surface area contributed by atoms with Gasteiger partial charge in [0.25, 0.3) is 0 Å². The van der Waals surface area contributed by atoms with Gasteiger partial charge >= 0.3 is 0 Å². The Morgan fingerprint density at radius 3 is 2.52 bits per heavy atom. The van der Waals surface area contributed by atoms with E-state index in [-0.39, 0.29) is 6.61 Å². The number of halogens is 2. The van der Waals surface area contributed by atoms with Gasteiger partial charge in [-0.1, -0.05) is 23.2 Å². The Labute approximate surface area is 132 Å². The summed E-state index contributed by atoms with van der Waals surface area (Å²) in [6.07, 6.45) is 0. The Kier molecular flexibility index (Phi) is 3.99. The molecule has 0 aromatic heterocycles. The van der Waals surface area contributed by atoms with E-state index in [0.29, 0.717) is 46.2 Å². The number of anilines is 1. The van der Waals surface area contributed by atoms with Gasteiger partial charge in [-0.2, -0.15) is 0 Å². The lowest BCUT2D eigenvalue weighted by atomic mass is 10.1. The van der Waals surface area contributed by atoms with Crippen LogP contribution in [0.3, 0.4) is 0 Å². The third-order valence-electron chi connectivity index (χ3n) is 3.08. The summed E-state index contributed by atoms with van der Waals surface area (Å²) >= 11 is 12.0. The number of rotatable bonds is 3. The standard InChI is InChI=1S/C15H13Cl2NO3/c16-10-1-2-11(17)13(6-10)21-8-9-5-14-15(7-12(9)18)20-4-3-19-14/h1-2,5-7H,3-4,8,18H2. The molecule has 2 N–H and O–H groups in total. The van der Waals surface area contributed by atoms with E-state index in [2.05, 4.69) is 0 Å². The summed E-state index contributed by atoms with van der Waals surface area (Å²) in [5, 5.41) is 1.06. The van der Waals surface area contributed by atoms with Gasteiger partial charge in [-0.25, -0.2) is 0 Å². The smallest absolute Gasteiger partial charge is 0.163 e. The third-order valence-corrected chi connectivity index (χ3v) is 3.63. The zero-order valence-corrected chi connectivity index (χ0v) is 12.6. The van der Waals surface area contributed by atoms with Crippen LogP contribution in [0.15, 0.2) is 30.3 Å². The molecule has 1 aliphatic rings. The van der Waals surface area contributed by atoms with Crippen LogP contribution in [0.2, 0.25) is 10.0 Å². The average molecular weight is 326 g/mol. The van der Waals surface area contributed by atoms with Crippen molar-refractivity contribution in [2.75, 3.05) is 18.9 Å². The summed E-state index contributed by atoms with van der Waals surface area (Å²) < 4.78 is 16.7. The van der Waals surface area contributed by atoms with E-state index in [1.807, 2.05) is 6.07 Å². The summed E-state index contributed by atoms with van der Waals surface area (Å²) in [6.45, 7) is 1.32. The molecular formula is C15H13Cl2NO3. The number of hydrogen-bond acceptors (Lipinski definition) is 4. The van der Waals surface area contributed by atoms with Gasteiger partial charge in [0.05, 0.1) is 5.02 Å². The summed E-state index contributed by atoms with van der Waals surface area (Å²) in [5.41, 5.74) is 7.38. The lowest BCUT2D eigenvalue weighted by Crippen LogP contribution is -2.16. The Morgan fingerprint density at radius 1 is 1.05 bits per heavy atom. The van der Waals surface area contributed by atoms with Crippen LogP contribution < -0.4 is 19.9 Å². The Hall–Kier alpha value is -1.78. The van der Waals surface area contributed by atoms with E-state index in [1.54, 1.807) is 24.3 Å². The minimum atomic E-state index is 0.266. The molecule has 0 aliphatic carbocycles. The van der Waals surface area contributed by atoms with Crippen molar-refractivity contribution in [3.8, 4) is 17.2 Å². The number of fused-ring (bicyclic) bond motifs is 1. The molecule has 21 heavy (non-hydrogen) atoms. The molecular weight excluding hydrogens is 313 g/mol. The maximum absolute atomic E-state index is 6.06. The highest BCUT2D eigenvalue weighted by Gasteiger charge is 2.15. The first-order chi connectivity index (χ1) is 10.1. The fourth-order valence-electron chi connectivity index (χ4n) is 2.01. The predicted molar refractivity (Wildman–Crippen MR) is 82.6 cm³/mol. The molecule has 0 amide bonds. The second-order valence-corrected chi connectivity index (χ2v) is 5.40. The molecule has 2 aromatic rings. The second-order valence-electron chi connectivity index (χ2n) is 4.56. The lowest BCUT2D eigenvalue weighted by molar-refractivity contribution is 0.171. The molecule has 4 nitrogen and oxygen atoms in total. The molecule has 1 aliphatic heterocycles. The highest BCUT2D eigenvalue weighted by Crippen LogP contribution is 2.35. The highest BCUT2D eigenvalue weighted by atomic mass is 35.5. The van der Waals surface area contributed by atoms with Crippen LogP contribution in [0.5, 0.6) is 17.2 Å².